The van der Waals surface area contributed by atoms with Gasteiger partial charge < -0.3 is 20.8 Å². The minimum Gasteiger partial charge on any atom is -0.453 e. The fourth-order valence-corrected chi connectivity index (χ4v) is 3.95. The van der Waals surface area contributed by atoms with Gasteiger partial charge in [0.15, 0.2) is 11.6 Å². The predicted molar refractivity (Wildman–Crippen MR) is 139 cm³/mol. The van der Waals surface area contributed by atoms with Crippen LogP contribution in [0.15, 0.2) is 84.0 Å². The standard InChI is InChI=1S/C25H17FIN5O2/c26-17-12-15(6-7-19(17)34-20-9-11-29-24(28)22(20)27)32-25-21-18(8-10-30-25)31-13-16(23(21)33)14-4-2-1-3-5-14/h1-13H,(H2,28,29)(H,30,32)(H,31,33). The molecule has 0 spiro atoms. The number of nitrogens with one attached hydrogen (secondary N) is 2. The van der Waals surface area contributed by atoms with Crippen molar-refractivity contribution in [1.82, 2.24) is 15.0 Å². The summed E-state index contributed by atoms with van der Waals surface area (Å²) in [6, 6.07) is 17.1. The second-order valence-electron chi connectivity index (χ2n) is 7.36. The van der Waals surface area contributed by atoms with Gasteiger partial charge in [0.2, 0.25) is 5.43 Å². The molecular weight excluding hydrogens is 548 g/mol. The third kappa shape index (κ3) is 4.17. The van der Waals surface area contributed by atoms with Crippen molar-refractivity contribution >= 4 is 50.8 Å². The molecule has 3 aromatic heterocycles. The number of aromatic amines is 1. The van der Waals surface area contributed by atoms with Crippen LogP contribution in [0, 0.1) is 9.39 Å². The van der Waals surface area contributed by atoms with E-state index in [2.05, 4.69) is 20.3 Å². The summed E-state index contributed by atoms with van der Waals surface area (Å²) in [5.41, 5.74) is 7.95. The highest BCUT2D eigenvalue weighted by Crippen LogP contribution is 2.32. The molecule has 0 bridgehead atoms. The van der Waals surface area contributed by atoms with Gasteiger partial charge in [0.1, 0.15) is 17.4 Å². The quantitative estimate of drug-likeness (QED) is 0.231. The van der Waals surface area contributed by atoms with Gasteiger partial charge in [0.25, 0.3) is 0 Å². The number of halogens is 2. The van der Waals surface area contributed by atoms with Crippen LogP contribution in [0.2, 0.25) is 0 Å². The van der Waals surface area contributed by atoms with Crippen molar-refractivity contribution in [2.45, 2.75) is 0 Å². The fraction of sp³-hybridized carbons (Fsp3) is 0. The molecule has 5 rings (SSSR count). The Labute approximate surface area is 207 Å². The van der Waals surface area contributed by atoms with Crippen LogP contribution in [0.25, 0.3) is 22.0 Å². The zero-order chi connectivity index (χ0) is 23.7. The van der Waals surface area contributed by atoms with E-state index >= 15 is 0 Å². The van der Waals surface area contributed by atoms with E-state index in [1.165, 1.54) is 18.3 Å². The molecule has 5 aromatic rings. The van der Waals surface area contributed by atoms with Crippen LogP contribution < -0.4 is 21.2 Å². The highest BCUT2D eigenvalue weighted by molar-refractivity contribution is 14.1. The van der Waals surface area contributed by atoms with Crippen molar-refractivity contribution in [2.24, 2.45) is 0 Å². The lowest BCUT2D eigenvalue weighted by Gasteiger charge is -2.12. The van der Waals surface area contributed by atoms with Gasteiger partial charge in [-0.15, -0.1) is 0 Å². The number of aromatic nitrogens is 3. The monoisotopic (exact) mass is 565 g/mol. The first-order valence-corrected chi connectivity index (χ1v) is 11.3. The number of benzene rings is 2. The van der Waals surface area contributed by atoms with Gasteiger partial charge in [-0.3, -0.25) is 4.79 Å². The van der Waals surface area contributed by atoms with Gasteiger partial charge in [-0.05, 0) is 46.4 Å². The van der Waals surface area contributed by atoms with E-state index in [9.17, 15) is 9.18 Å². The number of fused-ring (bicyclic) bond motifs is 1. The van der Waals surface area contributed by atoms with Crippen molar-refractivity contribution < 1.29 is 9.13 Å². The summed E-state index contributed by atoms with van der Waals surface area (Å²) in [4.78, 5) is 24.8. The highest BCUT2D eigenvalue weighted by Gasteiger charge is 2.14. The number of pyridine rings is 3. The number of nitrogens with zero attached hydrogens (tertiary/aromatic N) is 2. The summed E-state index contributed by atoms with van der Waals surface area (Å²) in [6.45, 7) is 0. The molecule has 0 radical (unpaired) electrons. The Morgan fingerprint density at radius 1 is 1.00 bits per heavy atom. The van der Waals surface area contributed by atoms with Gasteiger partial charge in [-0.2, -0.15) is 0 Å². The summed E-state index contributed by atoms with van der Waals surface area (Å²) in [5, 5.41) is 3.44. The number of hydrogen-bond acceptors (Lipinski definition) is 6. The molecule has 0 unspecified atom stereocenters. The lowest BCUT2D eigenvalue weighted by atomic mass is 10.1. The summed E-state index contributed by atoms with van der Waals surface area (Å²) in [7, 11) is 0. The summed E-state index contributed by atoms with van der Waals surface area (Å²) < 4.78 is 21.1. The first kappa shape index (κ1) is 21.8. The molecule has 0 saturated heterocycles. The van der Waals surface area contributed by atoms with E-state index < -0.39 is 5.82 Å². The molecular formula is C25H17FIN5O2. The van der Waals surface area contributed by atoms with Gasteiger partial charge in [-0.25, -0.2) is 14.4 Å². The Morgan fingerprint density at radius 3 is 2.59 bits per heavy atom. The molecule has 168 valence electrons. The maximum absolute atomic E-state index is 14.8. The third-order valence-electron chi connectivity index (χ3n) is 5.17. The molecule has 0 saturated carbocycles. The molecule has 9 heteroatoms. The molecule has 0 amide bonds. The SMILES string of the molecule is Nc1nccc(Oc2ccc(Nc3nccc4[nH]cc(-c5ccccc5)c(=O)c34)cc2F)c1I. The summed E-state index contributed by atoms with van der Waals surface area (Å²) in [6.07, 6.45) is 4.75. The normalized spacial score (nSPS) is 10.9. The Balaban J connectivity index is 1.49. The van der Waals surface area contributed by atoms with E-state index in [0.29, 0.717) is 43.1 Å². The van der Waals surface area contributed by atoms with Crippen molar-refractivity contribution in [2.75, 3.05) is 11.1 Å². The lowest BCUT2D eigenvalue weighted by molar-refractivity contribution is 0.440. The summed E-state index contributed by atoms with van der Waals surface area (Å²) >= 11 is 1.99. The average molecular weight is 565 g/mol. The smallest absolute Gasteiger partial charge is 0.200 e. The van der Waals surface area contributed by atoms with Crippen LogP contribution in [0.1, 0.15) is 0 Å². The lowest BCUT2D eigenvalue weighted by Crippen LogP contribution is -2.10. The molecule has 0 atom stereocenters. The van der Waals surface area contributed by atoms with Gasteiger partial charge >= 0.3 is 0 Å². The minimum atomic E-state index is -0.588. The largest absolute Gasteiger partial charge is 0.453 e. The van der Waals surface area contributed by atoms with Crippen molar-refractivity contribution in [3.63, 3.8) is 0 Å². The molecule has 0 aliphatic carbocycles. The molecule has 7 nitrogen and oxygen atoms in total. The van der Waals surface area contributed by atoms with E-state index in [1.54, 1.807) is 30.6 Å². The van der Waals surface area contributed by atoms with Gasteiger partial charge in [0, 0.05) is 42.0 Å². The molecule has 0 aliphatic heterocycles. The van der Waals surface area contributed by atoms with Gasteiger partial charge in [0.05, 0.1) is 14.5 Å². The first-order chi connectivity index (χ1) is 16.5. The Hall–Kier alpha value is -3.99. The van der Waals surface area contributed by atoms with Crippen LogP contribution in [0.5, 0.6) is 11.5 Å². The number of H-pyrrole nitrogens is 1. The average Bonchev–Trinajstić information content (AvgIpc) is 2.84. The van der Waals surface area contributed by atoms with Crippen LogP contribution in [0.4, 0.5) is 21.7 Å². The van der Waals surface area contributed by atoms with Crippen molar-refractivity contribution in [3.05, 3.63) is 98.9 Å². The molecule has 2 aromatic carbocycles. The van der Waals surface area contributed by atoms with Crippen LogP contribution in [-0.2, 0) is 0 Å². The summed E-state index contributed by atoms with van der Waals surface area (Å²) in [5.74, 6) is 0.475. The topological polar surface area (TPSA) is 106 Å². The maximum Gasteiger partial charge on any atom is 0.200 e. The van der Waals surface area contributed by atoms with E-state index in [-0.39, 0.29) is 11.2 Å². The van der Waals surface area contributed by atoms with Crippen molar-refractivity contribution in [1.29, 1.82) is 0 Å². The maximum atomic E-state index is 14.8. The number of nitrogens with two attached hydrogens (primary N) is 1. The van der Waals surface area contributed by atoms with Crippen LogP contribution in [0.3, 0.4) is 0 Å². The number of rotatable bonds is 5. The van der Waals surface area contributed by atoms with Gasteiger partial charge in [-0.1, -0.05) is 30.3 Å². The predicted octanol–water partition coefficient (Wildman–Crippen LogP) is 5.85. The Kier molecular flexibility index (Phi) is 5.84. The zero-order valence-electron chi connectivity index (χ0n) is 17.5. The van der Waals surface area contributed by atoms with Crippen molar-refractivity contribution in [3.8, 4) is 22.6 Å². The third-order valence-corrected chi connectivity index (χ3v) is 6.26. The zero-order valence-corrected chi connectivity index (χ0v) is 19.7. The fourth-order valence-electron chi connectivity index (χ4n) is 3.53. The number of anilines is 3. The number of hydrogen-bond donors (Lipinski definition) is 3. The molecule has 0 fully saturated rings. The minimum absolute atomic E-state index is 0.0316. The highest BCUT2D eigenvalue weighted by atomic mass is 127. The molecule has 0 aliphatic rings. The van der Waals surface area contributed by atoms with E-state index in [0.717, 1.165) is 5.56 Å². The van der Waals surface area contributed by atoms with E-state index in [4.69, 9.17) is 10.5 Å². The number of ether oxygens (including phenoxy) is 1. The molecule has 34 heavy (non-hydrogen) atoms. The Bertz CT molecular complexity index is 1570. The Morgan fingerprint density at radius 2 is 1.79 bits per heavy atom. The molecule has 3 heterocycles. The second kappa shape index (κ2) is 9.10. The van der Waals surface area contributed by atoms with Crippen LogP contribution in [-0.4, -0.2) is 15.0 Å². The second-order valence-corrected chi connectivity index (χ2v) is 8.44. The number of nitrogen functional groups attached to an aromatic ring is 1. The van der Waals surface area contributed by atoms with E-state index in [1.807, 2.05) is 52.9 Å². The molecule has 4 N–H and O–H groups in total. The van der Waals surface area contributed by atoms with Crippen LogP contribution >= 0.6 is 22.6 Å². The first-order valence-electron chi connectivity index (χ1n) is 10.2.